The zero-order chi connectivity index (χ0) is 6.48. The van der Waals surface area contributed by atoms with E-state index in [1.165, 1.54) is 12.8 Å². The maximum atomic E-state index is 10.9. The molecular formula is C7H11NO. The number of Topliss-reactive ketones (excluding diaryl/α,β-unsaturated/α-hetero) is 1. The van der Waals surface area contributed by atoms with E-state index in [4.69, 9.17) is 0 Å². The van der Waals surface area contributed by atoms with Gasteiger partial charge in [-0.3, -0.25) is 9.69 Å². The Hall–Kier alpha value is -0.370. The highest BCUT2D eigenvalue weighted by Gasteiger charge is 2.51. The Morgan fingerprint density at radius 1 is 1.56 bits per heavy atom. The lowest BCUT2D eigenvalue weighted by Crippen LogP contribution is -2.26. The van der Waals surface area contributed by atoms with E-state index in [0.717, 1.165) is 6.42 Å². The zero-order valence-corrected chi connectivity index (χ0v) is 5.68. The number of rotatable bonds is 0. The predicted octanol–water partition coefficient (Wildman–Crippen LogP) is 0.424. The molecular weight excluding hydrogens is 114 g/mol. The summed E-state index contributed by atoms with van der Waals surface area (Å²) in [5.41, 5.74) is 0.358. The first-order valence-electron chi connectivity index (χ1n) is 3.46. The molecule has 0 radical (unpaired) electrons. The summed E-state index contributed by atoms with van der Waals surface area (Å²) in [6.07, 6.45) is 3.31. The van der Waals surface area contributed by atoms with Gasteiger partial charge in [0, 0.05) is 12.0 Å². The Morgan fingerprint density at radius 3 is 2.44 bits per heavy atom. The smallest absolute Gasteiger partial charge is 0.148 e. The van der Waals surface area contributed by atoms with Gasteiger partial charge in [0.15, 0.2) is 0 Å². The summed E-state index contributed by atoms with van der Waals surface area (Å²) >= 11 is 0. The van der Waals surface area contributed by atoms with Crippen molar-refractivity contribution in [2.75, 3.05) is 13.6 Å². The Bertz CT molecular complexity index is 160. The fourth-order valence-electron chi connectivity index (χ4n) is 1.69. The first kappa shape index (κ1) is 5.42. The summed E-state index contributed by atoms with van der Waals surface area (Å²) in [7, 11) is 2.05. The molecule has 1 saturated heterocycles. The summed E-state index contributed by atoms with van der Waals surface area (Å²) in [4.78, 5) is 13.1. The van der Waals surface area contributed by atoms with Crippen LogP contribution >= 0.6 is 0 Å². The molecule has 0 aromatic heterocycles. The van der Waals surface area contributed by atoms with Gasteiger partial charge in [0.05, 0.1) is 6.54 Å². The highest BCUT2D eigenvalue weighted by Crippen LogP contribution is 2.47. The van der Waals surface area contributed by atoms with Crippen molar-refractivity contribution in [3.8, 4) is 0 Å². The van der Waals surface area contributed by atoms with Crippen molar-refractivity contribution in [3.05, 3.63) is 0 Å². The van der Waals surface area contributed by atoms with Crippen molar-refractivity contribution in [2.24, 2.45) is 0 Å². The van der Waals surface area contributed by atoms with E-state index in [9.17, 15) is 4.79 Å². The Kier molecular flexibility index (Phi) is 0.826. The summed E-state index contributed by atoms with van der Waals surface area (Å²) in [6.45, 7) is 0.694. The molecule has 1 aliphatic carbocycles. The molecule has 0 N–H and O–H groups in total. The number of ketones is 1. The van der Waals surface area contributed by atoms with Crippen molar-refractivity contribution >= 4 is 5.78 Å². The zero-order valence-electron chi connectivity index (χ0n) is 5.68. The molecule has 0 bridgehead atoms. The molecule has 0 aromatic carbocycles. The van der Waals surface area contributed by atoms with Crippen LogP contribution in [0.4, 0.5) is 0 Å². The Labute approximate surface area is 54.8 Å². The Balaban J connectivity index is 2.19. The SMILES string of the molecule is CN1CC(=O)CC12CC2. The lowest BCUT2D eigenvalue weighted by Gasteiger charge is -2.15. The van der Waals surface area contributed by atoms with E-state index in [0.29, 0.717) is 17.9 Å². The second-order valence-electron chi connectivity index (χ2n) is 3.30. The molecule has 50 valence electrons. The van der Waals surface area contributed by atoms with Gasteiger partial charge < -0.3 is 0 Å². The van der Waals surface area contributed by atoms with Crippen LogP contribution in [0.1, 0.15) is 19.3 Å². The van der Waals surface area contributed by atoms with Crippen LogP contribution in [0.3, 0.4) is 0 Å². The van der Waals surface area contributed by atoms with Crippen molar-refractivity contribution in [1.29, 1.82) is 0 Å². The van der Waals surface area contributed by atoms with Crippen molar-refractivity contribution < 1.29 is 4.79 Å². The van der Waals surface area contributed by atoms with Gasteiger partial charge in [0.2, 0.25) is 0 Å². The summed E-state index contributed by atoms with van der Waals surface area (Å²) in [5, 5.41) is 0. The fourth-order valence-corrected chi connectivity index (χ4v) is 1.69. The lowest BCUT2D eigenvalue weighted by atomic mass is 10.2. The second-order valence-corrected chi connectivity index (χ2v) is 3.30. The molecule has 0 aromatic rings. The van der Waals surface area contributed by atoms with Crippen molar-refractivity contribution in [2.45, 2.75) is 24.8 Å². The first-order chi connectivity index (χ1) is 4.23. The number of carbonyl (C=O) groups excluding carboxylic acids is 1. The van der Waals surface area contributed by atoms with E-state index in [2.05, 4.69) is 11.9 Å². The maximum absolute atomic E-state index is 10.9. The lowest BCUT2D eigenvalue weighted by molar-refractivity contribution is -0.116. The minimum atomic E-state index is 0.358. The van der Waals surface area contributed by atoms with Gasteiger partial charge in [0.1, 0.15) is 5.78 Å². The van der Waals surface area contributed by atoms with Gasteiger partial charge in [-0.05, 0) is 19.9 Å². The molecule has 2 heteroatoms. The van der Waals surface area contributed by atoms with Gasteiger partial charge >= 0.3 is 0 Å². The number of carbonyl (C=O) groups is 1. The van der Waals surface area contributed by atoms with Gasteiger partial charge in [-0.25, -0.2) is 0 Å². The van der Waals surface area contributed by atoms with Crippen LogP contribution in [0.5, 0.6) is 0 Å². The second kappa shape index (κ2) is 1.37. The van der Waals surface area contributed by atoms with Crippen LogP contribution in [0.2, 0.25) is 0 Å². The quantitative estimate of drug-likeness (QED) is 0.467. The molecule has 2 rings (SSSR count). The third-order valence-corrected chi connectivity index (χ3v) is 2.58. The monoisotopic (exact) mass is 125 g/mol. The Morgan fingerprint density at radius 2 is 2.22 bits per heavy atom. The number of nitrogens with zero attached hydrogens (tertiary/aromatic N) is 1. The van der Waals surface area contributed by atoms with Crippen LogP contribution < -0.4 is 0 Å². The molecule has 9 heavy (non-hydrogen) atoms. The van der Waals surface area contributed by atoms with E-state index >= 15 is 0 Å². The molecule has 2 aliphatic rings. The van der Waals surface area contributed by atoms with Crippen molar-refractivity contribution in [3.63, 3.8) is 0 Å². The van der Waals surface area contributed by atoms with Gasteiger partial charge in [-0.15, -0.1) is 0 Å². The van der Waals surface area contributed by atoms with Crippen LogP contribution in [-0.4, -0.2) is 29.8 Å². The largest absolute Gasteiger partial charge is 0.298 e. The molecule has 1 spiro atoms. The third-order valence-electron chi connectivity index (χ3n) is 2.58. The molecule has 2 fully saturated rings. The average Bonchev–Trinajstić information content (AvgIpc) is 2.42. The van der Waals surface area contributed by atoms with E-state index in [1.54, 1.807) is 0 Å². The van der Waals surface area contributed by atoms with E-state index in [1.807, 2.05) is 0 Å². The number of likely N-dealkylation sites (tertiary alicyclic amines) is 1. The highest BCUT2D eigenvalue weighted by atomic mass is 16.1. The van der Waals surface area contributed by atoms with E-state index in [-0.39, 0.29) is 0 Å². The maximum Gasteiger partial charge on any atom is 0.148 e. The van der Waals surface area contributed by atoms with Gasteiger partial charge in [-0.2, -0.15) is 0 Å². The van der Waals surface area contributed by atoms with Crippen LogP contribution in [0, 0.1) is 0 Å². The van der Waals surface area contributed by atoms with Crippen LogP contribution in [-0.2, 0) is 4.79 Å². The molecule has 0 atom stereocenters. The molecule has 0 amide bonds. The molecule has 0 unspecified atom stereocenters. The number of hydrogen-bond acceptors (Lipinski definition) is 2. The average molecular weight is 125 g/mol. The predicted molar refractivity (Wildman–Crippen MR) is 34.2 cm³/mol. The van der Waals surface area contributed by atoms with Gasteiger partial charge in [-0.1, -0.05) is 0 Å². The fraction of sp³-hybridized carbons (Fsp3) is 0.857. The first-order valence-corrected chi connectivity index (χ1v) is 3.46. The van der Waals surface area contributed by atoms with Crippen molar-refractivity contribution in [1.82, 2.24) is 4.90 Å². The molecule has 1 aliphatic heterocycles. The topological polar surface area (TPSA) is 20.3 Å². The summed E-state index contributed by atoms with van der Waals surface area (Å²) in [5.74, 6) is 0.426. The third kappa shape index (κ3) is 0.628. The molecule has 2 nitrogen and oxygen atoms in total. The van der Waals surface area contributed by atoms with Crippen LogP contribution in [0.15, 0.2) is 0 Å². The van der Waals surface area contributed by atoms with Crippen LogP contribution in [0.25, 0.3) is 0 Å². The highest BCUT2D eigenvalue weighted by molar-refractivity contribution is 5.84. The van der Waals surface area contributed by atoms with Gasteiger partial charge in [0.25, 0.3) is 0 Å². The number of likely N-dealkylation sites (N-methyl/N-ethyl adjacent to an activating group) is 1. The standard InChI is InChI=1S/C7H11NO/c1-8-5-6(9)4-7(8)2-3-7/h2-5H2,1H3. The molecule has 1 heterocycles. The molecule has 1 saturated carbocycles. The summed E-state index contributed by atoms with van der Waals surface area (Å²) in [6, 6.07) is 0. The van der Waals surface area contributed by atoms with E-state index < -0.39 is 0 Å². The summed E-state index contributed by atoms with van der Waals surface area (Å²) < 4.78 is 0. The normalized spacial score (nSPS) is 31.9. The minimum Gasteiger partial charge on any atom is -0.298 e. The minimum absolute atomic E-state index is 0.358. The number of hydrogen-bond donors (Lipinski definition) is 0.